The molecule has 1 unspecified atom stereocenters. The van der Waals surface area contributed by atoms with Crippen molar-refractivity contribution in [1.29, 1.82) is 0 Å². The summed E-state index contributed by atoms with van der Waals surface area (Å²) in [6.07, 6.45) is 1.44. The summed E-state index contributed by atoms with van der Waals surface area (Å²) >= 11 is 0. The molecule has 0 aliphatic carbocycles. The number of benzene rings is 1. The molecule has 0 saturated carbocycles. The van der Waals surface area contributed by atoms with Gasteiger partial charge in [-0.15, -0.1) is 0 Å². The molecular formula is C17H25NO5. The van der Waals surface area contributed by atoms with Gasteiger partial charge >= 0.3 is 5.97 Å². The van der Waals surface area contributed by atoms with Crippen molar-refractivity contribution in [2.45, 2.75) is 32.7 Å². The topological polar surface area (TPSA) is 76.1 Å². The van der Waals surface area contributed by atoms with E-state index in [2.05, 4.69) is 0 Å². The first-order valence-corrected chi connectivity index (χ1v) is 7.74. The van der Waals surface area contributed by atoms with Gasteiger partial charge in [-0.3, -0.25) is 9.59 Å². The van der Waals surface area contributed by atoms with Gasteiger partial charge in [0.2, 0.25) is 0 Å². The molecule has 0 radical (unpaired) electrons. The molecule has 1 amide bonds. The van der Waals surface area contributed by atoms with Crippen LogP contribution in [0.3, 0.4) is 0 Å². The lowest BCUT2D eigenvalue weighted by molar-refractivity contribution is -0.138. The fraction of sp³-hybridized carbons (Fsp3) is 0.529. The molecule has 23 heavy (non-hydrogen) atoms. The van der Waals surface area contributed by atoms with E-state index in [9.17, 15) is 9.59 Å². The molecule has 0 spiro atoms. The monoisotopic (exact) mass is 323 g/mol. The largest absolute Gasteiger partial charge is 0.493 e. The first kappa shape index (κ1) is 19.0. The quantitative estimate of drug-likeness (QED) is 0.669. The number of aliphatic carboxylic acids is 1. The van der Waals surface area contributed by atoms with E-state index in [4.69, 9.17) is 14.6 Å². The minimum atomic E-state index is -1.02. The Hall–Kier alpha value is -2.08. The summed E-state index contributed by atoms with van der Waals surface area (Å²) in [5.74, 6) is -0.735. The van der Waals surface area contributed by atoms with Crippen LogP contribution < -0.4 is 4.74 Å². The highest BCUT2D eigenvalue weighted by Gasteiger charge is 2.23. The highest BCUT2D eigenvalue weighted by molar-refractivity contribution is 5.96. The summed E-state index contributed by atoms with van der Waals surface area (Å²) in [6.45, 7) is 4.55. The van der Waals surface area contributed by atoms with Gasteiger partial charge in [0, 0.05) is 31.7 Å². The average Bonchev–Trinajstić information content (AvgIpc) is 2.55. The predicted molar refractivity (Wildman–Crippen MR) is 86.9 cm³/mol. The van der Waals surface area contributed by atoms with Gasteiger partial charge in [-0.2, -0.15) is 0 Å². The van der Waals surface area contributed by atoms with E-state index in [1.807, 2.05) is 13.8 Å². The molecule has 0 heterocycles. The zero-order valence-corrected chi connectivity index (χ0v) is 13.9. The summed E-state index contributed by atoms with van der Waals surface area (Å²) in [5.41, 5.74) is 0.427. The number of nitrogens with zero attached hydrogens (tertiary/aromatic N) is 1. The third kappa shape index (κ3) is 6.28. The number of rotatable bonds is 10. The van der Waals surface area contributed by atoms with Crippen molar-refractivity contribution in [3.8, 4) is 5.75 Å². The number of hydrogen-bond acceptors (Lipinski definition) is 4. The van der Waals surface area contributed by atoms with Crippen molar-refractivity contribution in [1.82, 2.24) is 4.90 Å². The lowest BCUT2D eigenvalue weighted by Crippen LogP contribution is -2.41. The van der Waals surface area contributed by atoms with E-state index in [0.717, 1.165) is 6.42 Å². The van der Waals surface area contributed by atoms with Crippen LogP contribution in [0.25, 0.3) is 0 Å². The molecule has 0 aliphatic heterocycles. The van der Waals surface area contributed by atoms with Crippen molar-refractivity contribution in [2.75, 3.05) is 26.9 Å². The van der Waals surface area contributed by atoms with Crippen LogP contribution in [0.2, 0.25) is 0 Å². The number of amides is 1. The van der Waals surface area contributed by atoms with Gasteiger partial charge in [0.1, 0.15) is 12.3 Å². The molecule has 128 valence electrons. The Bertz CT molecular complexity index is 517. The minimum absolute atomic E-state index is 0.148. The molecular weight excluding hydrogens is 298 g/mol. The lowest BCUT2D eigenvalue weighted by atomic mass is 10.1. The Kier molecular flexibility index (Phi) is 8.11. The van der Waals surface area contributed by atoms with Crippen LogP contribution >= 0.6 is 0 Å². The van der Waals surface area contributed by atoms with Crippen molar-refractivity contribution >= 4 is 11.9 Å². The van der Waals surface area contributed by atoms with Crippen molar-refractivity contribution < 1.29 is 24.2 Å². The second kappa shape index (κ2) is 9.84. The Morgan fingerprint density at radius 2 is 2.04 bits per heavy atom. The SMILES string of the molecule is CCC(C)N(CC(=O)O)C(=O)c1cccc(OCCCOC)c1. The van der Waals surface area contributed by atoms with Crippen molar-refractivity contribution in [2.24, 2.45) is 0 Å². The van der Waals surface area contributed by atoms with Gasteiger partial charge < -0.3 is 19.5 Å². The fourth-order valence-electron chi connectivity index (χ4n) is 2.07. The van der Waals surface area contributed by atoms with E-state index in [1.165, 1.54) is 4.90 Å². The van der Waals surface area contributed by atoms with Gasteiger partial charge in [0.15, 0.2) is 0 Å². The molecule has 6 heteroatoms. The zero-order chi connectivity index (χ0) is 17.2. The lowest BCUT2D eigenvalue weighted by Gasteiger charge is -2.27. The number of carboxylic acids is 1. The number of ether oxygens (including phenoxy) is 2. The first-order chi connectivity index (χ1) is 11.0. The summed E-state index contributed by atoms with van der Waals surface area (Å²) in [5, 5.41) is 9.01. The van der Waals surface area contributed by atoms with Gasteiger partial charge in [0.25, 0.3) is 5.91 Å². The van der Waals surface area contributed by atoms with Gasteiger partial charge in [0.05, 0.1) is 6.61 Å². The summed E-state index contributed by atoms with van der Waals surface area (Å²) in [6, 6.07) is 6.67. The highest BCUT2D eigenvalue weighted by atomic mass is 16.5. The molecule has 1 aromatic carbocycles. The maximum absolute atomic E-state index is 12.6. The molecule has 1 atom stereocenters. The van der Waals surface area contributed by atoms with E-state index in [0.29, 0.717) is 30.9 Å². The Labute approximate surface area is 137 Å². The normalized spacial score (nSPS) is 11.8. The van der Waals surface area contributed by atoms with Crippen molar-refractivity contribution in [3.05, 3.63) is 29.8 Å². The molecule has 6 nitrogen and oxygen atoms in total. The molecule has 1 rings (SSSR count). The Balaban J connectivity index is 2.82. The van der Waals surface area contributed by atoms with Gasteiger partial charge in [-0.25, -0.2) is 0 Å². The summed E-state index contributed by atoms with van der Waals surface area (Å²) < 4.78 is 10.5. The average molecular weight is 323 g/mol. The molecule has 1 aromatic rings. The minimum Gasteiger partial charge on any atom is -0.493 e. The van der Waals surface area contributed by atoms with Crippen LogP contribution in [0.4, 0.5) is 0 Å². The number of methoxy groups -OCH3 is 1. The van der Waals surface area contributed by atoms with E-state index >= 15 is 0 Å². The molecule has 0 bridgehead atoms. The van der Waals surface area contributed by atoms with Crippen LogP contribution in [0, 0.1) is 0 Å². The second-order valence-corrected chi connectivity index (χ2v) is 5.31. The zero-order valence-electron chi connectivity index (χ0n) is 13.9. The third-order valence-electron chi connectivity index (χ3n) is 3.53. The van der Waals surface area contributed by atoms with Crippen molar-refractivity contribution in [3.63, 3.8) is 0 Å². The smallest absolute Gasteiger partial charge is 0.323 e. The van der Waals surface area contributed by atoms with E-state index in [-0.39, 0.29) is 18.5 Å². The van der Waals surface area contributed by atoms with Gasteiger partial charge in [-0.05, 0) is 31.5 Å². The van der Waals surface area contributed by atoms with Crippen LogP contribution in [0.15, 0.2) is 24.3 Å². The van der Waals surface area contributed by atoms with Crippen LogP contribution in [0.5, 0.6) is 5.75 Å². The molecule has 0 aliphatic rings. The number of carbonyl (C=O) groups is 2. The molecule has 0 aromatic heterocycles. The number of hydrogen-bond donors (Lipinski definition) is 1. The Morgan fingerprint density at radius 3 is 2.65 bits per heavy atom. The third-order valence-corrected chi connectivity index (χ3v) is 3.53. The maximum Gasteiger partial charge on any atom is 0.323 e. The molecule has 0 saturated heterocycles. The fourth-order valence-corrected chi connectivity index (χ4v) is 2.07. The van der Waals surface area contributed by atoms with Gasteiger partial charge in [-0.1, -0.05) is 13.0 Å². The van der Waals surface area contributed by atoms with Crippen LogP contribution in [0.1, 0.15) is 37.0 Å². The standard InChI is InChI=1S/C17H25NO5/c1-4-13(2)18(12-16(19)20)17(21)14-7-5-8-15(11-14)23-10-6-9-22-3/h5,7-8,11,13H,4,6,9-10,12H2,1-3H3,(H,19,20). The van der Waals surface area contributed by atoms with E-state index in [1.54, 1.807) is 31.4 Å². The Morgan fingerprint density at radius 1 is 1.30 bits per heavy atom. The predicted octanol–water partition coefficient (Wildman–Crippen LogP) is 2.43. The number of carbonyl (C=O) groups excluding carboxylic acids is 1. The first-order valence-electron chi connectivity index (χ1n) is 7.74. The second-order valence-electron chi connectivity index (χ2n) is 5.31. The molecule has 0 fully saturated rings. The maximum atomic E-state index is 12.6. The van der Waals surface area contributed by atoms with Crippen LogP contribution in [-0.2, 0) is 9.53 Å². The summed E-state index contributed by atoms with van der Waals surface area (Å²) in [7, 11) is 1.63. The number of carboxylic acid groups (broad SMARTS) is 1. The van der Waals surface area contributed by atoms with E-state index < -0.39 is 5.97 Å². The molecule has 1 N–H and O–H groups in total. The highest BCUT2D eigenvalue weighted by Crippen LogP contribution is 2.17. The van der Waals surface area contributed by atoms with Crippen LogP contribution in [-0.4, -0.2) is 54.8 Å². The summed E-state index contributed by atoms with van der Waals surface area (Å²) in [4.78, 5) is 25.0.